The van der Waals surface area contributed by atoms with Crippen molar-refractivity contribution in [1.82, 2.24) is 20.2 Å². The predicted octanol–water partition coefficient (Wildman–Crippen LogP) is 6.36. The van der Waals surface area contributed by atoms with E-state index in [-0.39, 0.29) is 5.41 Å². The Hall–Kier alpha value is -2.47. The van der Waals surface area contributed by atoms with Crippen LogP contribution in [0.1, 0.15) is 73.9 Å². The normalized spacial score (nSPS) is 20.6. The van der Waals surface area contributed by atoms with Gasteiger partial charge in [-0.25, -0.2) is 9.97 Å². The summed E-state index contributed by atoms with van der Waals surface area (Å²) in [6.45, 7) is 11.7. The number of hydrogen-bond acceptors (Lipinski definition) is 5. The van der Waals surface area contributed by atoms with Gasteiger partial charge in [0, 0.05) is 53.1 Å². The van der Waals surface area contributed by atoms with Crippen LogP contribution in [0.25, 0.3) is 0 Å². The molecule has 1 atom stereocenters. The minimum atomic E-state index is 0.0705. The number of nitrogens with one attached hydrogen (secondary N) is 1. The minimum absolute atomic E-state index is 0.0705. The summed E-state index contributed by atoms with van der Waals surface area (Å²) in [6.07, 6.45) is 6.24. The standard InChI is InChI=1S/C31H38ClN5/c1-21(2)33-17-24-25(32)10-12-27-29(24)31(13-15-36(16-14-31)18-23-7-5-4-6-8-23)19-37(27)30-28-22(3)9-11-26(28)34-20-35-30/h4-8,10,12,20-22,33H,9,11,13-19H2,1-3H3/t22-/m1/s1. The van der Waals surface area contributed by atoms with Crippen LogP contribution in [0.3, 0.4) is 0 Å². The largest absolute Gasteiger partial charge is 0.325 e. The van der Waals surface area contributed by atoms with Crippen molar-refractivity contribution in [2.75, 3.05) is 24.5 Å². The Labute approximate surface area is 226 Å². The molecular weight excluding hydrogens is 478 g/mol. The smallest absolute Gasteiger partial charge is 0.140 e. The van der Waals surface area contributed by atoms with Gasteiger partial charge in [0.05, 0.1) is 0 Å². The van der Waals surface area contributed by atoms with Crippen LogP contribution in [0.2, 0.25) is 5.02 Å². The van der Waals surface area contributed by atoms with Crippen molar-refractivity contribution in [2.24, 2.45) is 0 Å². The third-order valence-corrected chi connectivity index (χ3v) is 9.13. The molecule has 1 fully saturated rings. The molecule has 3 heterocycles. The molecule has 2 aromatic carbocycles. The summed E-state index contributed by atoms with van der Waals surface area (Å²) in [5.74, 6) is 1.61. The molecule has 6 rings (SSSR count). The average molecular weight is 516 g/mol. The Morgan fingerprint density at radius 2 is 1.86 bits per heavy atom. The van der Waals surface area contributed by atoms with Gasteiger partial charge in [-0.05, 0) is 73.5 Å². The van der Waals surface area contributed by atoms with Gasteiger partial charge in [-0.15, -0.1) is 0 Å². The minimum Gasteiger partial charge on any atom is -0.325 e. The molecular formula is C31H38ClN5. The van der Waals surface area contributed by atoms with Gasteiger partial charge in [0.2, 0.25) is 0 Å². The average Bonchev–Trinajstić information content (AvgIpc) is 3.44. The summed E-state index contributed by atoms with van der Waals surface area (Å²) in [5.41, 5.74) is 8.05. The molecule has 2 aliphatic heterocycles. The van der Waals surface area contributed by atoms with Gasteiger partial charge < -0.3 is 10.2 Å². The van der Waals surface area contributed by atoms with Crippen LogP contribution < -0.4 is 10.2 Å². The third kappa shape index (κ3) is 4.56. The van der Waals surface area contributed by atoms with Crippen molar-refractivity contribution in [3.63, 3.8) is 0 Å². The van der Waals surface area contributed by atoms with Crippen molar-refractivity contribution in [2.45, 2.75) is 76.9 Å². The number of piperidine rings is 1. The van der Waals surface area contributed by atoms with E-state index in [1.807, 2.05) is 0 Å². The molecule has 37 heavy (non-hydrogen) atoms. The zero-order valence-electron chi connectivity index (χ0n) is 22.3. The Bertz CT molecular complexity index is 1270. The van der Waals surface area contributed by atoms with Gasteiger partial charge in [0.1, 0.15) is 12.1 Å². The highest BCUT2D eigenvalue weighted by atomic mass is 35.5. The maximum atomic E-state index is 6.95. The summed E-state index contributed by atoms with van der Waals surface area (Å²) in [4.78, 5) is 14.7. The summed E-state index contributed by atoms with van der Waals surface area (Å²) in [5, 5.41) is 4.54. The van der Waals surface area contributed by atoms with Crippen LogP contribution in [-0.2, 0) is 24.9 Å². The molecule has 1 aromatic heterocycles. The molecule has 1 N–H and O–H groups in total. The van der Waals surface area contributed by atoms with Gasteiger partial charge in [-0.1, -0.05) is 62.7 Å². The van der Waals surface area contributed by atoms with Crippen molar-refractivity contribution in [3.05, 3.63) is 81.8 Å². The topological polar surface area (TPSA) is 44.3 Å². The summed E-state index contributed by atoms with van der Waals surface area (Å²) in [7, 11) is 0. The number of benzene rings is 2. The highest BCUT2D eigenvalue weighted by Crippen LogP contribution is 2.53. The predicted molar refractivity (Wildman–Crippen MR) is 152 cm³/mol. The maximum Gasteiger partial charge on any atom is 0.140 e. The first-order valence-electron chi connectivity index (χ1n) is 13.9. The molecule has 194 valence electrons. The molecule has 6 heteroatoms. The second-order valence-electron chi connectivity index (χ2n) is 11.6. The fourth-order valence-electron chi connectivity index (χ4n) is 6.79. The SMILES string of the molecule is CC(C)NCc1c(Cl)ccc2c1C1(CCN(Cc3ccccc3)CC1)CN2c1ncnc2c1[C@H](C)CC2. The zero-order valence-corrected chi connectivity index (χ0v) is 23.1. The van der Waals surface area contributed by atoms with E-state index in [2.05, 4.69) is 83.3 Å². The lowest BCUT2D eigenvalue weighted by molar-refractivity contribution is 0.160. The lowest BCUT2D eigenvalue weighted by Gasteiger charge is -2.41. The van der Waals surface area contributed by atoms with Crippen LogP contribution in [0.4, 0.5) is 11.5 Å². The fourth-order valence-corrected chi connectivity index (χ4v) is 7.01. The van der Waals surface area contributed by atoms with Gasteiger partial charge in [-0.2, -0.15) is 0 Å². The molecule has 0 unspecified atom stereocenters. The van der Waals surface area contributed by atoms with E-state index < -0.39 is 0 Å². The number of likely N-dealkylation sites (tertiary alicyclic amines) is 1. The van der Waals surface area contributed by atoms with E-state index in [1.54, 1.807) is 6.33 Å². The molecule has 3 aromatic rings. The fraction of sp³-hybridized carbons (Fsp3) is 0.484. The van der Waals surface area contributed by atoms with Crippen LogP contribution in [0, 0.1) is 0 Å². The number of halogens is 1. The Morgan fingerprint density at radius 1 is 1.08 bits per heavy atom. The summed E-state index contributed by atoms with van der Waals surface area (Å²) >= 11 is 6.95. The molecule has 0 amide bonds. The Morgan fingerprint density at radius 3 is 2.62 bits per heavy atom. The summed E-state index contributed by atoms with van der Waals surface area (Å²) in [6, 6.07) is 15.6. The molecule has 5 nitrogen and oxygen atoms in total. The Balaban J connectivity index is 1.38. The second kappa shape index (κ2) is 10.0. The lowest BCUT2D eigenvalue weighted by Crippen LogP contribution is -2.45. The molecule has 0 saturated carbocycles. The van der Waals surface area contributed by atoms with Gasteiger partial charge >= 0.3 is 0 Å². The number of fused-ring (bicyclic) bond motifs is 3. The molecule has 1 saturated heterocycles. The maximum absolute atomic E-state index is 6.95. The van der Waals surface area contributed by atoms with E-state index >= 15 is 0 Å². The van der Waals surface area contributed by atoms with E-state index in [4.69, 9.17) is 16.6 Å². The van der Waals surface area contributed by atoms with Gasteiger partial charge in [0.25, 0.3) is 0 Å². The number of aryl methyl sites for hydroxylation is 1. The first kappa shape index (κ1) is 24.8. The molecule has 3 aliphatic rings. The van der Waals surface area contributed by atoms with Gasteiger partial charge in [-0.3, -0.25) is 4.90 Å². The monoisotopic (exact) mass is 515 g/mol. The highest BCUT2D eigenvalue weighted by molar-refractivity contribution is 6.31. The van der Waals surface area contributed by atoms with Crippen molar-refractivity contribution >= 4 is 23.1 Å². The van der Waals surface area contributed by atoms with E-state index in [0.29, 0.717) is 12.0 Å². The van der Waals surface area contributed by atoms with E-state index in [0.717, 1.165) is 69.2 Å². The van der Waals surface area contributed by atoms with Crippen LogP contribution in [0.5, 0.6) is 0 Å². The molecule has 1 aliphatic carbocycles. The number of aromatic nitrogens is 2. The first-order valence-corrected chi connectivity index (χ1v) is 14.3. The molecule has 0 radical (unpaired) electrons. The van der Waals surface area contributed by atoms with E-state index in [9.17, 15) is 0 Å². The second-order valence-corrected chi connectivity index (χ2v) is 12.0. The Kier molecular flexibility index (Phi) is 6.72. The van der Waals surface area contributed by atoms with E-state index in [1.165, 1.54) is 33.6 Å². The van der Waals surface area contributed by atoms with Crippen molar-refractivity contribution in [3.8, 4) is 0 Å². The molecule has 1 spiro atoms. The first-order chi connectivity index (χ1) is 17.9. The van der Waals surface area contributed by atoms with Crippen molar-refractivity contribution < 1.29 is 0 Å². The van der Waals surface area contributed by atoms with Crippen molar-refractivity contribution in [1.29, 1.82) is 0 Å². The zero-order chi connectivity index (χ0) is 25.6. The van der Waals surface area contributed by atoms with Crippen LogP contribution in [-0.4, -0.2) is 40.5 Å². The third-order valence-electron chi connectivity index (χ3n) is 8.77. The van der Waals surface area contributed by atoms with Crippen LogP contribution >= 0.6 is 11.6 Å². The van der Waals surface area contributed by atoms with Crippen LogP contribution in [0.15, 0.2) is 48.8 Å². The quantitative estimate of drug-likeness (QED) is 0.413. The number of rotatable bonds is 6. The number of hydrogen-bond donors (Lipinski definition) is 1. The van der Waals surface area contributed by atoms with Gasteiger partial charge in [0.15, 0.2) is 0 Å². The number of nitrogens with zero attached hydrogens (tertiary/aromatic N) is 4. The number of anilines is 2. The molecule has 0 bridgehead atoms. The highest BCUT2D eigenvalue weighted by Gasteiger charge is 2.48. The lowest BCUT2D eigenvalue weighted by atomic mass is 9.72. The summed E-state index contributed by atoms with van der Waals surface area (Å²) < 4.78 is 0.